The van der Waals surface area contributed by atoms with Crippen LogP contribution in [0.2, 0.25) is 0 Å². The van der Waals surface area contributed by atoms with E-state index in [2.05, 4.69) is 31.6 Å². The summed E-state index contributed by atoms with van der Waals surface area (Å²) in [6, 6.07) is 16.3. The Balaban J connectivity index is 0.00000103. The van der Waals surface area contributed by atoms with Crippen LogP contribution in [0, 0.1) is 17.3 Å². The number of ketones is 7. The van der Waals surface area contributed by atoms with Crippen LogP contribution in [0.4, 0.5) is 0 Å². The molecular formula is C101H156N6O31. The van der Waals surface area contributed by atoms with Crippen molar-refractivity contribution in [2.75, 3.05) is 145 Å². The zero-order valence-electron chi connectivity index (χ0n) is 81.8. The Morgan fingerprint density at radius 1 is 0.341 bits per heavy atom. The largest absolute Gasteiger partial charge is 0.494 e. The zero-order valence-corrected chi connectivity index (χ0v) is 81.8. The minimum Gasteiger partial charge on any atom is -0.494 e. The Morgan fingerprint density at radius 2 is 0.783 bits per heavy atom. The van der Waals surface area contributed by atoms with Crippen molar-refractivity contribution in [1.82, 2.24) is 31.6 Å². The molecule has 0 aliphatic heterocycles. The Labute approximate surface area is 812 Å². The Hall–Kier alpha value is -10.3. The van der Waals surface area contributed by atoms with E-state index in [1.165, 1.54) is 24.3 Å². The van der Waals surface area contributed by atoms with Crippen LogP contribution in [0.5, 0.6) is 11.5 Å². The molecule has 37 heteroatoms. The van der Waals surface area contributed by atoms with Crippen molar-refractivity contribution in [2.24, 2.45) is 17.3 Å². The van der Waals surface area contributed by atoms with E-state index in [-0.39, 0.29) is 251 Å². The van der Waals surface area contributed by atoms with Gasteiger partial charge in [-0.05, 0) is 164 Å². The number of nitrogens with zero attached hydrogens (tertiary/aromatic N) is 1. The number of carboxylic acids is 5. The number of ether oxygens (including phenoxy) is 10. The number of aromatic carboxylic acids is 2. The number of pyridine rings is 1. The van der Waals surface area contributed by atoms with Crippen LogP contribution in [-0.2, 0) is 111 Å². The van der Waals surface area contributed by atoms with Gasteiger partial charge in [-0.2, -0.15) is 0 Å². The van der Waals surface area contributed by atoms with Gasteiger partial charge in [-0.3, -0.25) is 67.3 Å². The first-order valence-corrected chi connectivity index (χ1v) is 49.1. The van der Waals surface area contributed by atoms with Gasteiger partial charge in [0.15, 0.2) is 17.3 Å². The SMILES string of the molecule is CCCNC(=O)COCCOCCCC(=O)COCCOCCNC(=O)CC[C@H](CC(=O)CCCCCCCCCOc1ccc(C(=O)O)cc1)C(=O)O.CCC[C@H](NCC(=O)C(C)(C)C(=O)CCc1ccccn1)C(=O)CC[C@@H](CCCCCC(=O)COCCOCCNC(=O)COCCOCCCC(=O)CC[C@H](NC(=O)CCCCCCCCCOc1ccc(C(=O)O)cc1)C(=O)O)C(=O)O. The highest BCUT2D eigenvalue weighted by Crippen LogP contribution is 2.25. The number of aryl methyl sites for hydroxylation is 1. The second-order valence-corrected chi connectivity index (χ2v) is 34.3. The van der Waals surface area contributed by atoms with Gasteiger partial charge < -0.3 is 99.5 Å². The molecule has 776 valence electrons. The van der Waals surface area contributed by atoms with Crippen molar-refractivity contribution in [3.05, 3.63) is 89.7 Å². The van der Waals surface area contributed by atoms with Gasteiger partial charge in [0.25, 0.3) is 0 Å². The number of aliphatic carboxylic acids is 3. The molecule has 138 heavy (non-hydrogen) atoms. The fraction of sp³-hybridized carbons (Fsp3) is 0.673. The molecule has 0 aliphatic rings. The van der Waals surface area contributed by atoms with Gasteiger partial charge in [-0.25, -0.2) is 14.4 Å². The fourth-order valence-corrected chi connectivity index (χ4v) is 13.9. The van der Waals surface area contributed by atoms with Crippen molar-refractivity contribution in [2.45, 2.75) is 277 Å². The maximum atomic E-state index is 13.2. The van der Waals surface area contributed by atoms with Crippen LogP contribution in [0.1, 0.15) is 285 Å². The molecule has 0 aliphatic carbocycles. The van der Waals surface area contributed by atoms with Crippen LogP contribution in [0.15, 0.2) is 72.9 Å². The van der Waals surface area contributed by atoms with Crippen molar-refractivity contribution in [3.63, 3.8) is 0 Å². The second-order valence-electron chi connectivity index (χ2n) is 34.3. The molecule has 0 fully saturated rings. The summed E-state index contributed by atoms with van der Waals surface area (Å²) in [6.45, 7) is 11.8. The maximum Gasteiger partial charge on any atom is 0.335 e. The number of carbonyl (C=O) groups is 16. The predicted octanol–water partition coefficient (Wildman–Crippen LogP) is 11.7. The Kier molecular flexibility index (Phi) is 72.3. The van der Waals surface area contributed by atoms with E-state index in [4.69, 9.17) is 57.6 Å². The predicted molar refractivity (Wildman–Crippen MR) is 511 cm³/mol. The van der Waals surface area contributed by atoms with E-state index in [0.717, 1.165) is 89.2 Å². The number of hydrogen-bond donors (Lipinski definition) is 10. The molecule has 2 aromatic carbocycles. The van der Waals surface area contributed by atoms with Crippen LogP contribution < -0.4 is 36.1 Å². The lowest BCUT2D eigenvalue weighted by Crippen LogP contribution is -2.45. The molecule has 0 saturated heterocycles. The minimum absolute atomic E-state index is 0.000107. The molecule has 4 amide bonds. The van der Waals surface area contributed by atoms with Gasteiger partial charge in [0, 0.05) is 109 Å². The van der Waals surface area contributed by atoms with E-state index in [1.807, 2.05) is 26.0 Å². The molecule has 0 saturated carbocycles. The summed E-state index contributed by atoms with van der Waals surface area (Å²) in [5.74, 6) is -7.83. The number of aromatic nitrogens is 1. The summed E-state index contributed by atoms with van der Waals surface area (Å²) in [5.41, 5.74) is -0.0487. The van der Waals surface area contributed by atoms with E-state index in [1.54, 1.807) is 50.4 Å². The first kappa shape index (κ1) is 124. The highest BCUT2D eigenvalue weighted by Gasteiger charge is 2.36. The first-order chi connectivity index (χ1) is 66.4. The third kappa shape index (κ3) is 66.3. The van der Waals surface area contributed by atoms with E-state index < -0.39 is 59.2 Å². The number of amides is 4. The molecule has 3 rings (SSSR count). The molecule has 0 bridgehead atoms. The molecule has 3 aromatic rings. The molecule has 0 spiro atoms. The number of nitrogens with one attached hydrogen (secondary N) is 5. The van der Waals surface area contributed by atoms with E-state index in [0.29, 0.717) is 135 Å². The van der Waals surface area contributed by atoms with Gasteiger partial charge in [0.05, 0.1) is 120 Å². The number of carbonyl (C=O) groups excluding carboxylic acids is 11. The summed E-state index contributed by atoms with van der Waals surface area (Å²) in [4.78, 5) is 198. The number of rotatable bonds is 92. The lowest BCUT2D eigenvalue weighted by atomic mass is 9.81. The molecule has 37 nitrogen and oxygen atoms in total. The summed E-state index contributed by atoms with van der Waals surface area (Å²) >= 11 is 0. The second kappa shape index (κ2) is 80.5. The van der Waals surface area contributed by atoms with Crippen LogP contribution in [0.3, 0.4) is 0 Å². The molecular weight excluding hydrogens is 1790 g/mol. The summed E-state index contributed by atoms with van der Waals surface area (Å²) < 4.78 is 54.3. The van der Waals surface area contributed by atoms with E-state index >= 15 is 0 Å². The van der Waals surface area contributed by atoms with Crippen LogP contribution >= 0.6 is 0 Å². The smallest absolute Gasteiger partial charge is 0.335 e. The summed E-state index contributed by atoms with van der Waals surface area (Å²) in [6.07, 6.45) is 21.7. The standard InChI is InChI=1S/C62H94N4O18.C39H62N2O13/c1-4-18-52(65-43-56(71)62(2,3)55(70)33-27-48-20-14-15-34-63-48)54(69)32-26-46(59(74)75)19-11-10-12-21-50(68)44-82-41-40-81-38-35-64-58(73)45-83-42-39-80-36-17-22-49(67)28-31-53(61(78)79)66-57(72)23-13-8-6-5-7-9-16-37-84-51-29-24-47(25-30-51)60(76)77;1-2-19-40-37(45)30-53-27-24-50-21-10-12-34(43)29-52-26-25-51-23-20-41-36(44)18-15-32(39(48)49)28-33(42)11-8-6-4-3-5-7-9-22-54-35-16-13-31(14-17-35)38(46)47/h14-15,20,24-25,29-30,34,46,52-53,65H,4-13,16-19,21-23,26-28,31-33,35-45H2,1-3H3,(H,64,73)(H,66,72)(H,74,75)(H,76,77)(H,78,79);13-14,16-17,32H,2-12,15,18-30H2,1H3,(H,40,45)(H,41,44)(H,46,47)(H,48,49)/t46-,52+,53+;32-/m11/s1. The van der Waals surface area contributed by atoms with Gasteiger partial charge in [-0.15, -0.1) is 0 Å². The number of unbranched alkanes of at least 4 members (excludes halogenated alkanes) is 14. The molecule has 1 aromatic heterocycles. The van der Waals surface area contributed by atoms with Gasteiger partial charge in [-0.1, -0.05) is 103 Å². The zero-order chi connectivity index (χ0) is 101. The normalized spacial score (nSPS) is 12.1. The van der Waals surface area contributed by atoms with Gasteiger partial charge >= 0.3 is 29.8 Å². The fourth-order valence-electron chi connectivity index (χ4n) is 13.9. The lowest BCUT2D eigenvalue weighted by Gasteiger charge is -2.24. The number of benzene rings is 2. The molecule has 1 heterocycles. The van der Waals surface area contributed by atoms with Gasteiger partial charge in [0.2, 0.25) is 23.6 Å². The molecule has 4 atom stereocenters. The number of Topliss-reactive ketones (excluding diaryl/α,β-unsaturated/α-hetero) is 7. The summed E-state index contributed by atoms with van der Waals surface area (Å²) in [7, 11) is 0. The minimum atomic E-state index is -1.24. The lowest BCUT2D eigenvalue weighted by molar-refractivity contribution is -0.144. The average molecular weight is 1950 g/mol. The first-order valence-electron chi connectivity index (χ1n) is 49.1. The van der Waals surface area contributed by atoms with Gasteiger partial charge in [0.1, 0.15) is 67.1 Å². The maximum absolute atomic E-state index is 13.2. The highest BCUT2D eigenvalue weighted by molar-refractivity contribution is 6.07. The highest BCUT2D eigenvalue weighted by atomic mass is 16.5. The third-order valence-corrected chi connectivity index (χ3v) is 22.3. The van der Waals surface area contributed by atoms with Crippen molar-refractivity contribution >= 4 is 94.0 Å². The van der Waals surface area contributed by atoms with Crippen molar-refractivity contribution < 1.29 is 150 Å². The monoisotopic (exact) mass is 1950 g/mol. The van der Waals surface area contributed by atoms with Crippen molar-refractivity contribution in [3.8, 4) is 11.5 Å². The molecule has 0 unspecified atom stereocenters. The summed E-state index contributed by atoms with van der Waals surface area (Å²) in [5, 5.41) is 60.5. The Bertz CT molecular complexity index is 3960. The third-order valence-electron chi connectivity index (χ3n) is 22.3. The van der Waals surface area contributed by atoms with Crippen LogP contribution in [0.25, 0.3) is 0 Å². The van der Waals surface area contributed by atoms with Crippen molar-refractivity contribution in [1.29, 1.82) is 0 Å². The quantitative estimate of drug-likeness (QED) is 0.0185. The Morgan fingerprint density at radius 3 is 1.27 bits per heavy atom. The molecule has 10 N–H and O–H groups in total. The average Bonchev–Trinajstić information content (AvgIpc) is 0.839. The number of hydrogen-bond acceptors (Lipinski definition) is 28. The van der Waals surface area contributed by atoms with Crippen LogP contribution in [-0.4, -0.2) is 282 Å². The van der Waals surface area contributed by atoms with E-state index in [9.17, 15) is 92.0 Å². The number of carboxylic acid groups (broad SMARTS) is 5. The topological polar surface area (TPSA) is 540 Å². The molecule has 0 radical (unpaired) electrons.